The molecule has 3 nitrogen and oxygen atoms in total. The van der Waals surface area contributed by atoms with Crippen LogP contribution < -0.4 is 5.73 Å². The Kier molecular flexibility index (Phi) is 4.32. The van der Waals surface area contributed by atoms with Crippen LogP contribution in [0.25, 0.3) is 0 Å². The molecule has 1 atom stereocenters. The standard InChI is InChI=1S/C8H14N2O/c1-4-8(11)10(3)6-7(2)5-9/h1,7H,5-6,9H2,2-3H3. The number of carbonyl (C=O) groups excluding carboxylic acids is 1. The molecule has 0 aromatic heterocycles. The van der Waals surface area contributed by atoms with Gasteiger partial charge in [-0.05, 0) is 18.4 Å². The first kappa shape index (κ1) is 9.99. The van der Waals surface area contributed by atoms with Crippen molar-refractivity contribution in [2.75, 3.05) is 20.1 Å². The van der Waals surface area contributed by atoms with Crippen molar-refractivity contribution in [1.82, 2.24) is 4.90 Å². The fraction of sp³-hybridized carbons (Fsp3) is 0.625. The molecule has 0 aliphatic rings. The van der Waals surface area contributed by atoms with E-state index in [4.69, 9.17) is 12.2 Å². The summed E-state index contributed by atoms with van der Waals surface area (Å²) in [5.41, 5.74) is 5.37. The first-order chi connectivity index (χ1) is 5.11. The van der Waals surface area contributed by atoms with Crippen LogP contribution in [-0.4, -0.2) is 30.9 Å². The highest BCUT2D eigenvalue weighted by Crippen LogP contribution is 1.94. The van der Waals surface area contributed by atoms with Crippen LogP contribution in [0.1, 0.15) is 6.92 Å². The van der Waals surface area contributed by atoms with Gasteiger partial charge in [-0.15, -0.1) is 6.42 Å². The van der Waals surface area contributed by atoms with Gasteiger partial charge in [0.2, 0.25) is 0 Å². The number of nitrogens with two attached hydrogens (primary N) is 1. The van der Waals surface area contributed by atoms with Crippen molar-refractivity contribution < 1.29 is 4.79 Å². The van der Waals surface area contributed by atoms with E-state index in [1.54, 1.807) is 7.05 Å². The van der Waals surface area contributed by atoms with Crippen LogP contribution in [0.4, 0.5) is 0 Å². The number of rotatable bonds is 3. The monoisotopic (exact) mass is 154 g/mol. The summed E-state index contributed by atoms with van der Waals surface area (Å²) in [4.78, 5) is 12.3. The van der Waals surface area contributed by atoms with Crippen LogP contribution in [0.2, 0.25) is 0 Å². The number of hydrogen-bond acceptors (Lipinski definition) is 2. The van der Waals surface area contributed by atoms with E-state index in [1.807, 2.05) is 12.8 Å². The van der Waals surface area contributed by atoms with E-state index in [2.05, 4.69) is 0 Å². The van der Waals surface area contributed by atoms with Gasteiger partial charge in [0.15, 0.2) is 0 Å². The number of amides is 1. The Morgan fingerprint density at radius 1 is 1.82 bits per heavy atom. The maximum Gasteiger partial charge on any atom is 0.297 e. The predicted molar refractivity (Wildman–Crippen MR) is 44.7 cm³/mol. The Morgan fingerprint density at radius 3 is 2.73 bits per heavy atom. The van der Waals surface area contributed by atoms with Crippen molar-refractivity contribution in [2.24, 2.45) is 11.7 Å². The summed E-state index contributed by atoms with van der Waals surface area (Å²) in [6, 6.07) is 0. The van der Waals surface area contributed by atoms with Crippen LogP contribution in [0, 0.1) is 18.3 Å². The van der Waals surface area contributed by atoms with E-state index in [-0.39, 0.29) is 5.91 Å². The second kappa shape index (κ2) is 4.75. The molecule has 3 heteroatoms. The van der Waals surface area contributed by atoms with Crippen LogP contribution in [0.5, 0.6) is 0 Å². The Balaban J connectivity index is 3.79. The largest absolute Gasteiger partial charge is 0.335 e. The number of terminal acetylenes is 1. The van der Waals surface area contributed by atoms with Crippen molar-refractivity contribution in [3.63, 3.8) is 0 Å². The summed E-state index contributed by atoms with van der Waals surface area (Å²) in [6.07, 6.45) is 4.92. The smallest absolute Gasteiger partial charge is 0.297 e. The third-order valence-corrected chi connectivity index (χ3v) is 1.46. The third kappa shape index (κ3) is 3.64. The first-order valence-electron chi connectivity index (χ1n) is 3.53. The van der Waals surface area contributed by atoms with E-state index in [9.17, 15) is 4.79 Å². The highest BCUT2D eigenvalue weighted by atomic mass is 16.2. The summed E-state index contributed by atoms with van der Waals surface area (Å²) in [6.45, 7) is 3.17. The minimum atomic E-state index is -0.287. The van der Waals surface area contributed by atoms with Crippen molar-refractivity contribution in [1.29, 1.82) is 0 Å². The van der Waals surface area contributed by atoms with Crippen molar-refractivity contribution in [2.45, 2.75) is 6.92 Å². The summed E-state index contributed by atoms with van der Waals surface area (Å²) in [5, 5.41) is 0. The fourth-order valence-corrected chi connectivity index (χ4v) is 0.735. The van der Waals surface area contributed by atoms with Gasteiger partial charge in [0, 0.05) is 13.6 Å². The average molecular weight is 154 g/mol. The molecule has 0 aliphatic heterocycles. The Bertz CT molecular complexity index is 171. The van der Waals surface area contributed by atoms with Crippen LogP contribution in [-0.2, 0) is 4.79 Å². The highest BCUT2D eigenvalue weighted by Gasteiger charge is 2.07. The molecule has 0 saturated heterocycles. The topological polar surface area (TPSA) is 46.3 Å². The third-order valence-electron chi connectivity index (χ3n) is 1.46. The molecule has 0 spiro atoms. The molecule has 62 valence electrons. The Labute approximate surface area is 67.6 Å². The van der Waals surface area contributed by atoms with Gasteiger partial charge in [0.05, 0.1) is 0 Å². The molecule has 0 fully saturated rings. The average Bonchev–Trinajstić information content (AvgIpc) is 2.02. The normalized spacial score (nSPS) is 11.8. The zero-order valence-electron chi connectivity index (χ0n) is 7.00. The maximum absolute atomic E-state index is 10.8. The molecule has 0 saturated carbocycles. The van der Waals surface area contributed by atoms with E-state index in [0.29, 0.717) is 19.0 Å². The van der Waals surface area contributed by atoms with Crippen molar-refractivity contribution in [3.8, 4) is 12.3 Å². The zero-order chi connectivity index (χ0) is 8.85. The molecule has 0 bridgehead atoms. The lowest BCUT2D eigenvalue weighted by Crippen LogP contribution is -2.32. The second-order valence-electron chi connectivity index (χ2n) is 2.67. The van der Waals surface area contributed by atoms with Gasteiger partial charge in [0.25, 0.3) is 5.91 Å². The van der Waals surface area contributed by atoms with Crippen molar-refractivity contribution >= 4 is 5.91 Å². The van der Waals surface area contributed by atoms with E-state index >= 15 is 0 Å². The molecule has 0 aromatic carbocycles. The molecular weight excluding hydrogens is 140 g/mol. The van der Waals surface area contributed by atoms with Crippen LogP contribution >= 0.6 is 0 Å². The van der Waals surface area contributed by atoms with Crippen LogP contribution in [0.3, 0.4) is 0 Å². The quantitative estimate of drug-likeness (QED) is 0.566. The summed E-state index contributed by atoms with van der Waals surface area (Å²) in [7, 11) is 1.67. The highest BCUT2D eigenvalue weighted by molar-refractivity contribution is 5.92. The molecule has 0 rings (SSSR count). The predicted octanol–water partition coefficient (Wildman–Crippen LogP) is -0.327. The number of carbonyl (C=O) groups is 1. The molecular formula is C8H14N2O. The number of hydrogen-bond donors (Lipinski definition) is 1. The molecule has 0 aromatic rings. The summed E-state index contributed by atoms with van der Waals surface area (Å²) < 4.78 is 0. The van der Waals surface area contributed by atoms with Gasteiger partial charge >= 0.3 is 0 Å². The summed E-state index contributed by atoms with van der Waals surface area (Å²) in [5.74, 6) is 2.06. The summed E-state index contributed by atoms with van der Waals surface area (Å²) >= 11 is 0. The van der Waals surface area contributed by atoms with E-state index in [0.717, 1.165) is 0 Å². The minimum absolute atomic E-state index is 0.287. The van der Waals surface area contributed by atoms with Crippen molar-refractivity contribution in [3.05, 3.63) is 0 Å². The molecule has 0 heterocycles. The molecule has 2 N–H and O–H groups in total. The molecule has 1 unspecified atom stereocenters. The Morgan fingerprint density at radius 2 is 2.36 bits per heavy atom. The van der Waals surface area contributed by atoms with Gasteiger partial charge < -0.3 is 10.6 Å². The Hall–Kier alpha value is -1.01. The van der Waals surface area contributed by atoms with Gasteiger partial charge in [-0.1, -0.05) is 6.92 Å². The van der Waals surface area contributed by atoms with Gasteiger partial charge in [-0.2, -0.15) is 0 Å². The number of nitrogens with zero attached hydrogens (tertiary/aromatic N) is 1. The van der Waals surface area contributed by atoms with Gasteiger partial charge in [0.1, 0.15) is 0 Å². The zero-order valence-corrected chi connectivity index (χ0v) is 7.00. The molecule has 1 amide bonds. The lowest BCUT2D eigenvalue weighted by atomic mass is 10.2. The lowest BCUT2D eigenvalue weighted by molar-refractivity contribution is -0.124. The van der Waals surface area contributed by atoms with Crippen LogP contribution in [0.15, 0.2) is 0 Å². The minimum Gasteiger partial charge on any atom is -0.335 e. The van der Waals surface area contributed by atoms with E-state index < -0.39 is 0 Å². The molecule has 0 aliphatic carbocycles. The van der Waals surface area contributed by atoms with Gasteiger partial charge in [-0.3, -0.25) is 4.79 Å². The lowest BCUT2D eigenvalue weighted by Gasteiger charge is -2.17. The molecule has 11 heavy (non-hydrogen) atoms. The fourth-order valence-electron chi connectivity index (χ4n) is 0.735. The second-order valence-corrected chi connectivity index (χ2v) is 2.67. The maximum atomic E-state index is 10.8. The first-order valence-corrected chi connectivity index (χ1v) is 3.53. The van der Waals surface area contributed by atoms with Gasteiger partial charge in [-0.25, -0.2) is 0 Å². The molecule has 0 radical (unpaired) electrons. The van der Waals surface area contributed by atoms with E-state index in [1.165, 1.54) is 4.90 Å². The SMILES string of the molecule is C#CC(=O)N(C)CC(C)CN.